The van der Waals surface area contributed by atoms with Crippen LogP contribution in [0.15, 0.2) is 28.7 Å². The van der Waals surface area contributed by atoms with E-state index in [0.717, 1.165) is 50.1 Å². The Bertz CT molecular complexity index is 390. The highest BCUT2D eigenvalue weighted by atomic mass is 79.9. The summed E-state index contributed by atoms with van der Waals surface area (Å²) in [6, 6.07) is 8.99. The molecule has 4 heteroatoms. The second kappa shape index (κ2) is 9.57. The zero-order chi connectivity index (χ0) is 14.9. The van der Waals surface area contributed by atoms with E-state index in [1.54, 1.807) is 0 Å². The summed E-state index contributed by atoms with van der Waals surface area (Å²) in [6.45, 7) is 5.67. The van der Waals surface area contributed by atoms with Crippen LogP contribution >= 0.6 is 15.9 Å². The van der Waals surface area contributed by atoms with Crippen LogP contribution in [-0.4, -0.2) is 32.5 Å². The lowest BCUT2D eigenvalue weighted by Crippen LogP contribution is -2.23. The number of benzene rings is 1. The van der Waals surface area contributed by atoms with Gasteiger partial charge in [-0.25, -0.2) is 0 Å². The van der Waals surface area contributed by atoms with Gasteiger partial charge in [0.25, 0.3) is 0 Å². The highest BCUT2D eigenvalue weighted by Crippen LogP contribution is 2.19. The molecule has 1 aromatic rings. The fourth-order valence-electron chi connectivity index (χ4n) is 2.63. The monoisotopic (exact) mass is 355 g/mol. The minimum Gasteiger partial charge on any atom is -0.379 e. The Morgan fingerprint density at radius 3 is 2.86 bits per heavy atom. The van der Waals surface area contributed by atoms with Crippen molar-refractivity contribution in [2.45, 2.75) is 44.8 Å². The Morgan fingerprint density at radius 1 is 1.38 bits per heavy atom. The Hall–Kier alpha value is -0.420. The smallest absolute Gasteiger partial charge is 0.0809 e. The van der Waals surface area contributed by atoms with Gasteiger partial charge >= 0.3 is 0 Å². The second-order valence-corrected chi connectivity index (χ2v) is 6.45. The molecule has 21 heavy (non-hydrogen) atoms. The van der Waals surface area contributed by atoms with E-state index in [9.17, 15) is 0 Å². The summed E-state index contributed by atoms with van der Waals surface area (Å²) in [5.74, 6) is 0. The summed E-state index contributed by atoms with van der Waals surface area (Å²) < 4.78 is 12.3. The molecule has 0 saturated carbocycles. The summed E-state index contributed by atoms with van der Waals surface area (Å²) in [5, 5.41) is 3.61. The molecule has 0 aromatic heterocycles. The number of hydrogen-bond acceptors (Lipinski definition) is 3. The third-order valence-corrected chi connectivity index (χ3v) is 4.39. The number of rotatable bonds is 9. The maximum atomic E-state index is 5.68. The quantitative estimate of drug-likeness (QED) is 0.677. The molecule has 1 aliphatic rings. The summed E-state index contributed by atoms with van der Waals surface area (Å²) in [6.07, 6.45) is 4.81. The molecule has 0 aliphatic carbocycles. The maximum Gasteiger partial charge on any atom is 0.0809 e. The first-order valence-electron chi connectivity index (χ1n) is 7.97. The van der Waals surface area contributed by atoms with E-state index in [-0.39, 0.29) is 0 Å². The average Bonchev–Trinajstić information content (AvgIpc) is 3.01. The van der Waals surface area contributed by atoms with Crippen molar-refractivity contribution in [1.82, 2.24) is 5.32 Å². The van der Waals surface area contributed by atoms with Gasteiger partial charge in [0.15, 0.2) is 0 Å². The van der Waals surface area contributed by atoms with Gasteiger partial charge in [-0.05, 0) is 49.9 Å². The van der Waals surface area contributed by atoms with Gasteiger partial charge in [-0.15, -0.1) is 0 Å². The molecular formula is C17H26BrNO2. The first kappa shape index (κ1) is 16.9. The Kier molecular flexibility index (Phi) is 7.72. The summed E-state index contributed by atoms with van der Waals surface area (Å²) in [5.41, 5.74) is 1.35. The van der Waals surface area contributed by atoms with Crippen molar-refractivity contribution < 1.29 is 9.47 Å². The molecule has 0 amide bonds. The molecule has 2 rings (SSSR count). The van der Waals surface area contributed by atoms with E-state index >= 15 is 0 Å². The lowest BCUT2D eigenvalue weighted by atomic mass is 10.0. The molecule has 2 atom stereocenters. The van der Waals surface area contributed by atoms with Gasteiger partial charge in [-0.3, -0.25) is 0 Å². The molecule has 2 unspecified atom stereocenters. The van der Waals surface area contributed by atoms with E-state index in [1.807, 2.05) is 0 Å². The van der Waals surface area contributed by atoms with Crippen LogP contribution in [-0.2, 0) is 9.47 Å². The van der Waals surface area contributed by atoms with Gasteiger partial charge in [0.1, 0.15) is 0 Å². The number of nitrogens with one attached hydrogen (secondary N) is 1. The van der Waals surface area contributed by atoms with Crippen LogP contribution in [0.1, 0.15) is 44.2 Å². The molecule has 118 valence electrons. The second-order valence-electron chi connectivity index (χ2n) is 5.53. The summed E-state index contributed by atoms with van der Waals surface area (Å²) >= 11 is 3.48. The number of ether oxygens (including phenoxy) is 2. The lowest BCUT2D eigenvalue weighted by Gasteiger charge is -2.18. The van der Waals surface area contributed by atoms with Crippen LogP contribution in [0.3, 0.4) is 0 Å². The first-order chi connectivity index (χ1) is 10.3. The molecule has 1 fully saturated rings. The molecule has 1 N–H and O–H groups in total. The van der Waals surface area contributed by atoms with E-state index in [0.29, 0.717) is 12.1 Å². The predicted molar refractivity (Wildman–Crippen MR) is 89.6 cm³/mol. The van der Waals surface area contributed by atoms with Crippen LogP contribution in [0.4, 0.5) is 0 Å². The topological polar surface area (TPSA) is 30.5 Å². The fraction of sp³-hybridized carbons (Fsp3) is 0.647. The van der Waals surface area contributed by atoms with Crippen molar-refractivity contribution >= 4 is 15.9 Å². The Balaban J connectivity index is 1.58. The van der Waals surface area contributed by atoms with E-state index in [1.165, 1.54) is 12.0 Å². The largest absolute Gasteiger partial charge is 0.379 e. The van der Waals surface area contributed by atoms with Gasteiger partial charge < -0.3 is 14.8 Å². The zero-order valence-corrected chi connectivity index (χ0v) is 14.4. The van der Waals surface area contributed by atoms with Crippen LogP contribution < -0.4 is 5.32 Å². The Morgan fingerprint density at radius 2 is 2.19 bits per heavy atom. The molecule has 1 saturated heterocycles. The maximum absolute atomic E-state index is 5.68. The third-order valence-electron chi connectivity index (χ3n) is 3.86. The van der Waals surface area contributed by atoms with E-state index in [2.05, 4.69) is 52.4 Å². The van der Waals surface area contributed by atoms with Crippen molar-refractivity contribution in [1.29, 1.82) is 0 Å². The predicted octanol–water partition coefficient (Wildman–Crippen LogP) is 4.08. The summed E-state index contributed by atoms with van der Waals surface area (Å²) in [7, 11) is 0. The minimum absolute atomic E-state index is 0.337. The SMILES string of the molecule is CCC(NCCCOCC1CCCO1)c1ccc(Br)cc1. The normalized spacial score (nSPS) is 19.8. The molecular weight excluding hydrogens is 330 g/mol. The lowest BCUT2D eigenvalue weighted by molar-refractivity contribution is 0.0165. The van der Waals surface area contributed by atoms with Crippen molar-refractivity contribution in [2.75, 3.05) is 26.4 Å². The van der Waals surface area contributed by atoms with E-state index < -0.39 is 0 Å². The molecule has 0 spiro atoms. The molecule has 1 aliphatic heterocycles. The minimum atomic E-state index is 0.337. The molecule has 1 aromatic carbocycles. The summed E-state index contributed by atoms with van der Waals surface area (Å²) in [4.78, 5) is 0. The number of halogens is 1. The van der Waals surface area contributed by atoms with Crippen molar-refractivity contribution in [3.05, 3.63) is 34.3 Å². The fourth-order valence-corrected chi connectivity index (χ4v) is 2.90. The van der Waals surface area contributed by atoms with Gasteiger partial charge in [0.2, 0.25) is 0 Å². The highest BCUT2D eigenvalue weighted by molar-refractivity contribution is 9.10. The highest BCUT2D eigenvalue weighted by Gasteiger charge is 2.15. The molecule has 0 radical (unpaired) electrons. The van der Waals surface area contributed by atoms with Crippen molar-refractivity contribution in [2.24, 2.45) is 0 Å². The van der Waals surface area contributed by atoms with Crippen molar-refractivity contribution in [3.63, 3.8) is 0 Å². The molecule has 0 bridgehead atoms. The Labute approximate surface area is 136 Å². The van der Waals surface area contributed by atoms with Crippen molar-refractivity contribution in [3.8, 4) is 0 Å². The van der Waals surface area contributed by atoms with Crippen LogP contribution in [0.25, 0.3) is 0 Å². The third kappa shape index (κ3) is 6.07. The first-order valence-corrected chi connectivity index (χ1v) is 8.77. The van der Waals surface area contributed by atoms with Gasteiger partial charge in [0.05, 0.1) is 12.7 Å². The molecule has 1 heterocycles. The van der Waals surface area contributed by atoms with Crippen LogP contribution in [0.5, 0.6) is 0 Å². The van der Waals surface area contributed by atoms with Gasteiger partial charge in [0, 0.05) is 23.7 Å². The molecule has 3 nitrogen and oxygen atoms in total. The van der Waals surface area contributed by atoms with Crippen LogP contribution in [0.2, 0.25) is 0 Å². The average molecular weight is 356 g/mol. The zero-order valence-electron chi connectivity index (χ0n) is 12.8. The number of hydrogen-bond donors (Lipinski definition) is 1. The van der Waals surface area contributed by atoms with E-state index in [4.69, 9.17) is 9.47 Å². The standard InChI is InChI=1S/C17H26BrNO2/c1-2-17(14-6-8-15(18)9-7-14)19-10-4-11-20-13-16-5-3-12-21-16/h6-9,16-17,19H,2-5,10-13H2,1H3. The van der Waals surface area contributed by atoms with Crippen LogP contribution in [0, 0.1) is 0 Å². The van der Waals surface area contributed by atoms with Gasteiger partial charge in [-0.2, -0.15) is 0 Å². The van der Waals surface area contributed by atoms with Gasteiger partial charge in [-0.1, -0.05) is 35.0 Å².